The molecular weight excluding hydrogens is 204 g/mol. The highest BCUT2D eigenvalue weighted by Gasteiger charge is 2.26. The average molecular weight is 222 g/mol. The minimum Gasteiger partial charge on any atom is -0.493 e. The van der Waals surface area contributed by atoms with E-state index in [0.717, 1.165) is 17.9 Å². The molecule has 0 aromatic heterocycles. The van der Waals surface area contributed by atoms with E-state index < -0.39 is 0 Å². The fourth-order valence-electron chi connectivity index (χ4n) is 2.35. The van der Waals surface area contributed by atoms with Gasteiger partial charge in [0.2, 0.25) is 0 Å². The molecule has 0 saturated carbocycles. The monoisotopic (exact) mass is 222 g/mol. The summed E-state index contributed by atoms with van der Waals surface area (Å²) >= 11 is 0. The maximum Gasteiger partial charge on any atom is 0.164 e. The minimum absolute atomic E-state index is 0.124. The van der Waals surface area contributed by atoms with E-state index in [1.165, 1.54) is 11.1 Å². The van der Waals surface area contributed by atoms with Gasteiger partial charge in [-0.1, -0.05) is 6.07 Å². The molecule has 0 bridgehead atoms. The zero-order valence-electron chi connectivity index (χ0n) is 10.2. The van der Waals surface area contributed by atoms with Gasteiger partial charge in [-0.3, -0.25) is 0 Å². The van der Waals surface area contributed by atoms with E-state index in [9.17, 15) is 0 Å². The Hall–Kier alpha value is -1.22. The summed E-state index contributed by atoms with van der Waals surface area (Å²) < 4.78 is 16.5. The van der Waals surface area contributed by atoms with E-state index in [2.05, 4.69) is 19.9 Å². The first-order valence-electron chi connectivity index (χ1n) is 5.56. The highest BCUT2D eigenvalue weighted by atomic mass is 16.5. The van der Waals surface area contributed by atoms with E-state index in [4.69, 9.17) is 14.2 Å². The summed E-state index contributed by atoms with van der Waals surface area (Å²) in [5, 5.41) is 0. The van der Waals surface area contributed by atoms with Gasteiger partial charge in [-0.15, -0.1) is 0 Å². The molecule has 0 radical (unpaired) electrons. The first kappa shape index (κ1) is 11.3. The fraction of sp³-hybridized carbons (Fsp3) is 0.538. The molecule has 1 aliphatic rings. The minimum atomic E-state index is 0.124. The normalized spacial score (nSPS) is 23.8. The van der Waals surface area contributed by atoms with Crippen LogP contribution in [-0.2, 0) is 11.2 Å². The molecule has 88 valence electrons. The van der Waals surface area contributed by atoms with Gasteiger partial charge in [-0.05, 0) is 25.5 Å². The van der Waals surface area contributed by atoms with Crippen LogP contribution in [-0.4, -0.2) is 20.3 Å². The molecule has 2 rings (SSSR count). The number of methoxy groups -OCH3 is 2. The summed E-state index contributed by atoms with van der Waals surface area (Å²) in [6, 6.07) is 4.00. The molecular formula is C13H18O3. The zero-order chi connectivity index (χ0) is 11.7. The lowest BCUT2D eigenvalue weighted by Gasteiger charge is -2.30. The molecule has 0 saturated heterocycles. The van der Waals surface area contributed by atoms with Crippen molar-refractivity contribution >= 4 is 0 Å². The molecule has 16 heavy (non-hydrogen) atoms. The van der Waals surface area contributed by atoms with E-state index in [1.54, 1.807) is 14.2 Å². The number of hydrogen-bond donors (Lipinski definition) is 0. The number of fused-ring (bicyclic) bond motifs is 1. The predicted octanol–water partition coefficient (Wildman–Crippen LogP) is 2.73. The molecule has 0 unspecified atom stereocenters. The Morgan fingerprint density at radius 3 is 2.56 bits per heavy atom. The van der Waals surface area contributed by atoms with Gasteiger partial charge in [0, 0.05) is 12.0 Å². The number of ether oxygens (including phenoxy) is 3. The van der Waals surface area contributed by atoms with Gasteiger partial charge < -0.3 is 14.2 Å². The van der Waals surface area contributed by atoms with Crippen molar-refractivity contribution in [1.29, 1.82) is 0 Å². The van der Waals surface area contributed by atoms with Crippen molar-refractivity contribution in [2.24, 2.45) is 0 Å². The van der Waals surface area contributed by atoms with Crippen molar-refractivity contribution in [3.8, 4) is 11.5 Å². The van der Waals surface area contributed by atoms with Crippen molar-refractivity contribution in [3.63, 3.8) is 0 Å². The van der Waals surface area contributed by atoms with Crippen molar-refractivity contribution in [2.75, 3.05) is 14.2 Å². The first-order valence-corrected chi connectivity index (χ1v) is 5.56. The third-order valence-electron chi connectivity index (χ3n) is 3.05. The van der Waals surface area contributed by atoms with Crippen LogP contribution in [0.25, 0.3) is 0 Å². The topological polar surface area (TPSA) is 27.7 Å². The third kappa shape index (κ3) is 1.76. The Balaban J connectivity index is 2.53. The number of hydrogen-bond acceptors (Lipinski definition) is 3. The molecule has 3 heteroatoms. The van der Waals surface area contributed by atoms with E-state index >= 15 is 0 Å². The molecule has 1 aromatic carbocycles. The summed E-state index contributed by atoms with van der Waals surface area (Å²) in [6.07, 6.45) is 1.22. The highest BCUT2D eigenvalue weighted by molar-refractivity contribution is 5.52. The third-order valence-corrected chi connectivity index (χ3v) is 3.05. The average Bonchev–Trinajstić information content (AvgIpc) is 2.27. The van der Waals surface area contributed by atoms with Crippen molar-refractivity contribution in [2.45, 2.75) is 32.5 Å². The smallest absolute Gasteiger partial charge is 0.164 e. The Bertz CT molecular complexity index is 387. The maximum absolute atomic E-state index is 5.79. The summed E-state index contributed by atoms with van der Waals surface area (Å²) in [6.45, 7) is 4.15. The van der Waals surface area contributed by atoms with E-state index in [0.29, 0.717) is 0 Å². The molecule has 0 spiro atoms. The van der Waals surface area contributed by atoms with Crippen LogP contribution in [0.1, 0.15) is 31.1 Å². The summed E-state index contributed by atoms with van der Waals surface area (Å²) in [5.74, 6) is 1.64. The Labute approximate surface area is 96.3 Å². The van der Waals surface area contributed by atoms with Gasteiger partial charge in [-0.25, -0.2) is 0 Å². The molecule has 1 aromatic rings. The van der Waals surface area contributed by atoms with E-state index in [1.807, 2.05) is 6.07 Å². The van der Waals surface area contributed by atoms with Crippen LogP contribution in [0.4, 0.5) is 0 Å². The van der Waals surface area contributed by atoms with Crippen LogP contribution in [0.15, 0.2) is 12.1 Å². The Kier molecular flexibility index (Phi) is 3.06. The van der Waals surface area contributed by atoms with Gasteiger partial charge in [-0.2, -0.15) is 0 Å². The van der Waals surface area contributed by atoms with Crippen molar-refractivity contribution in [3.05, 3.63) is 23.3 Å². The fourth-order valence-corrected chi connectivity index (χ4v) is 2.35. The van der Waals surface area contributed by atoms with Gasteiger partial charge >= 0.3 is 0 Å². The summed E-state index contributed by atoms with van der Waals surface area (Å²) in [4.78, 5) is 0. The lowest BCUT2D eigenvalue weighted by atomic mass is 9.94. The molecule has 1 heterocycles. The van der Waals surface area contributed by atoms with Gasteiger partial charge in [0.15, 0.2) is 11.5 Å². The van der Waals surface area contributed by atoms with Crippen LogP contribution in [0.3, 0.4) is 0 Å². The van der Waals surface area contributed by atoms with Crippen LogP contribution in [0.5, 0.6) is 11.5 Å². The molecule has 0 fully saturated rings. The van der Waals surface area contributed by atoms with Crippen molar-refractivity contribution < 1.29 is 14.2 Å². The summed E-state index contributed by atoms with van der Waals surface area (Å²) in [5.41, 5.74) is 2.42. The SMILES string of the molecule is COc1ccc2c(c1OC)C[C@H](C)O[C@@H]2C. The second-order valence-corrected chi connectivity index (χ2v) is 4.16. The molecule has 2 atom stereocenters. The first-order chi connectivity index (χ1) is 7.67. The Morgan fingerprint density at radius 1 is 1.19 bits per heavy atom. The molecule has 0 amide bonds. The summed E-state index contributed by atoms with van der Waals surface area (Å²) in [7, 11) is 3.35. The van der Waals surface area contributed by atoms with Crippen LogP contribution in [0.2, 0.25) is 0 Å². The lowest BCUT2D eigenvalue weighted by Crippen LogP contribution is -2.22. The van der Waals surface area contributed by atoms with Crippen LogP contribution in [0, 0.1) is 0 Å². The van der Waals surface area contributed by atoms with Gasteiger partial charge in [0.25, 0.3) is 0 Å². The zero-order valence-corrected chi connectivity index (χ0v) is 10.2. The lowest BCUT2D eigenvalue weighted by molar-refractivity contribution is -0.00543. The molecule has 1 aliphatic heterocycles. The van der Waals surface area contributed by atoms with Gasteiger partial charge in [0.05, 0.1) is 26.4 Å². The molecule has 3 nitrogen and oxygen atoms in total. The van der Waals surface area contributed by atoms with Crippen LogP contribution < -0.4 is 9.47 Å². The Morgan fingerprint density at radius 2 is 1.94 bits per heavy atom. The van der Waals surface area contributed by atoms with E-state index in [-0.39, 0.29) is 12.2 Å². The predicted molar refractivity (Wildman–Crippen MR) is 62.2 cm³/mol. The van der Waals surface area contributed by atoms with Crippen LogP contribution >= 0.6 is 0 Å². The quantitative estimate of drug-likeness (QED) is 0.770. The van der Waals surface area contributed by atoms with Crippen molar-refractivity contribution in [1.82, 2.24) is 0 Å². The second kappa shape index (κ2) is 4.34. The number of rotatable bonds is 2. The maximum atomic E-state index is 5.79. The number of benzene rings is 1. The molecule has 0 aliphatic carbocycles. The largest absolute Gasteiger partial charge is 0.493 e. The standard InChI is InChI=1S/C13H18O3/c1-8-7-11-10(9(2)16-8)5-6-12(14-3)13(11)15-4/h5-6,8-9H,7H2,1-4H3/t8-,9+/m0/s1. The highest BCUT2D eigenvalue weighted by Crippen LogP contribution is 2.40. The molecule has 0 N–H and O–H groups in total. The van der Waals surface area contributed by atoms with Gasteiger partial charge in [0.1, 0.15) is 0 Å². The second-order valence-electron chi connectivity index (χ2n) is 4.16.